The Balaban J connectivity index is 1.87. The average molecular weight is 389 g/mol. The lowest BCUT2D eigenvalue weighted by Gasteiger charge is -2.23. The molecular weight excluding hydrogens is 372 g/mol. The van der Waals surface area contributed by atoms with Gasteiger partial charge in [-0.25, -0.2) is 17.2 Å². The van der Waals surface area contributed by atoms with Gasteiger partial charge in [0.05, 0.1) is 18.0 Å². The number of sulfonamides is 1. The normalized spacial score (nSPS) is 17.9. The van der Waals surface area contributed by atoms with Gasteiger partial charge in [-0.2, -0.15) is 0 Å². The standard InChI is InChI=1S/C15H17F2N3O3S2/c1-2-5-19(9-13(16)17)14(21)10-3-4-11-12(8-10)24-15-18-25(22,23)7-6-20(11)15/h3-4,8,13H,2,5-7,9H2,1H3. The molecule has 6 nitrogen and oxygen atoms in total. The van der Waals surface area contributed by atoms with Crippen LogP contribution >= 0.6 is 11.8 Å². The summed E-state index contributed by atoms with van der Waals surface area (Å²) in [5, 5.41) is 0.365. The highest BCUT2D eigenvalue weighted by Crippen LogP contribution is 2.42. The van der Waals surface area contributed by atoms with E-state index < -0.39 is 28.9 Å². The van der Waals surface area contributed by atoms with E-state index in [1.54, 1.807) is 23.1 Å². The largest absolute Gasteiger partial charge is 0.333 e. The van der Waals surface area contributed by atoms with Gasteiger partial charge >= 0.3 is 0 Å². The van der Waals surface area contributed by atoms with Crippen molar-refractivity contribution >= 4 is 38.5 Å². The van der Waals surface area contributed by atoms with Crippen LogP contribution in [0.25, 0.3) is 0 Å². The first kappa shape index (κ1) is 18.1. The molecule has 2 aliphatic rings. The Morgan fingerprint density at radius 3 is 2.88 bits per heavy atom. The molecule has 0 fully saturated rings. The number of amidine groups is 1. The minimum absolute atomic E-state index is 0.0597. The van der Waals surface area contributed by atoms with E-state index in [4.69, 9.17) is 0 Å². The van der Waals surface area contributed by atoms with Crippen molar-refractivity contribution in [2.75, 3.05) is 30.3 Å². The molecule has 0 atom stereocenters. The first-order chi connectivity index (χ1) is 11.8. The zero-order valence-corrected chi connectivity index (χ0v) is 15.1. The molecule has 25 heavy (non-hydrogen) atoms. The first-order valence-corrected chi connectivity index (χ1v) is 10.2. The van der Waals surface area contributed by atoms with E-state index in [1.165, 1.54) is 11.8 Å². The van der Waals surface area contributed by atoms with Gasteiger partial charge in [0.2, 0.25) is 0 Å². The second kappa shape index (κ2) is 6.91. The molecule has 2 aliphatic heterocycles. The number of nitrogens with zero attached hydrogens (tertiary/aromatic N) is 3. The molecule has 0 spiro atoms. The van der Waals surface area contributed by atoms with Gasteiger partial charge in [0.1, 0.15) is 0 Å². The number of halogens is 2. The Kier molecular flexibility index (Phi) is 5.01. The summed E-state index contributed by atoms with van der Waals surface area (Å²) < 4.78 is 52.4. The van der Waals surface area contributed by atoms with Crippen LogP contribution < -0.4 is 4.90 Å². The highest BCUT2D eigenvalue weighted by atomic mass is 32.2. The molecule has 1 amide bonds. The van der Waals surface area contributed by atoms with Crippen molar-refractivity contribution in [3.63, 3.8) is 0 Å². The monoisotopic (exact) mass is 389 g/mol. The van der Waals surface area contributed by atoms with Gasteiger partial charge < -0.3 is 9.80 Å². The van der Waals surface area contributed by atoms with Crippen LogP contribution in [0.3, 0.4) is 0 Å². The summed E-state index contributed by atoms with van der Waals surface area (Å²) in [4.78, 5) is 16.2. The predicted octanol–water partition coefficient (Wildman–Crippen LogP) is 2.42. The Bertz CT molecular complexity index is 827. The number of benzene rings is 1. The number of hydrogen-bond acceptors (Lipinski definition) is 5. The van der Waals surface area contributed by atoms with E-state index in [1.807, 2.05) is 6.92 Å². The fourth-order valence-electron chi connectivity index (χ4n) is 2.76. The lowest BCUT2D eigenvalue weighted by atomic mass is 10.1. The van der Waals surface area contributed by atoms with Crippen LogP contribution in [0.15, 0.2) is 27.5 Å². The number of carbonyl (C=O) groups is 1. The van der Waals surface area contributed by atoms with Gasteiger partial charge in [-0.15, -0.1) is 4.40 Å². The molecule has 3 rings (SSSR count). The minimum Gasteiger partial charge on any atom is -0.333 e. The summed E-state index contributed by atoms with van der Waals surface area (Å²) in [7, 11) is -3.45. The van der Waals surface area contributed by atoms with Crippen molar-refractivity contribution in [3.05, 3.63) is 23.8 Å². The molecule has 2 heterocycles. The van der Waals surface area contributed by atoms with Gasteiger partial charge in [-0.1, -0.05) is 6.92 Å². The van der Waals surface area contributed by atoms with Crippen molar-refractivity contribution in [3.8, 4) is 0 Å². The maximum Gasteiger partial charge on any atom is 0.257 e. The zero-order valence-electron chi connectivity index (χ0n) is 13.5. The number of thioether (sulfide) groups is 1. The highest BCUT2D eigenvalue weighted by Gasteiger charge is 2.33. The number of carbonyl (C=O) groups excluding carboxylic acids is 1. The van der Waals surface area contributed by atoms with E-state index in [9.17, 15) is 22.0 Å². The van der Waals surface area contributed by atoms with Crippen LogP contribution in [0.1, 0.15) is 23.7 Å². The summed E-state index contributed by atoms with van der Waals surface area (Å²) >= 11 is 1.17. The Labute approximate surface area is 148 Å². The Morgan fingerprint density at radius 2 is 2.20 bits per heavy atom. The smallest absolute Gasteiger partial charge is 0.257 e. The average Bonchev–Trinajstić information content (AvgIpc) is 2.88. The molecule has 1 aromatic rings. The van der Waals surface area contributed by atoms with Gasteiger partial charge in [-0.3, -0.25) is 4.79 Å². The quantitative estimate of drug-likeness (QED) is 0.774. The third-order valence-electron chi connectivity index (χ3n) is 3.86. The molecule has 0 saturated heterocycles. The number of anilines is 1. The predicted molar refractivity (Wildman–Crippen MR) is 93.1 cm³/mol. The minimum atomic E-state index is -3.45. The highest BCUT2D eigenvalue weighted by molar-refractivity contribution is 8.15. The van der Waals surface area contributed by atoms with Gasteiger partial charge in [-0.05, 0) is 36.4 Å². The van der Waals surface area contributed by atoms with Gasteiger partial charge in [0.25, 0.3) is 22.4 Å². The topological polar surface area (TPSA) is 70.0 Å². The molecule has 0 N–H and O–H groups in total. The molecular formula is C15H17F2N3O3S2. The molecule has 10 heteroatoms. The van der Waals surface area contributed by atoms with E-state index >= 15 is 0 Å². The molecule has 0 saturated carbocycles. The SMILES string of the molecule is CCCN(CC(F)F)C(=O)c1ccc2c(c1)SC1=NS(=O)(=O)CCN12. The number of hydrogen-bond donors (Lipinski definition) is 0. The number of amides is 1. The van der Waals surface area contributed by atoms with Crippen LogP contribution in [-0.4, -0.2) is 56.2 Å². The Morgan fingerprint density at radius 1 is 1.44 bits per heavy atom. The van der Waals surface area contributed by atoms with Crippen molar-refractivity contribution in [1.82, 2.24) is 4.90 Å². The number of rotatable bonds is 5. The molecule has 0 unspecified atom stereocenters. The molecule has 136 valence electrons. The maximum atomic E-state index is 12.7. The summed E-state index contributed by atoms with van der Waals surface area (Å²) in [6, 6.07) is 4.91. The number of alkyl halides is 2. The maximum absolute atomic E-state index is 12.7. The van der Waals surface area contributed by atoms with Crippen LogP contribution in [0.4, 0.5) is 14.5 Å². The molecule has 0 radical (unpaired) electrons. The van der Waals surface area contributed by atoms with Crippen molar-refractivity contribution in [2.24, 2.45) is 4.40 Å². The van der Waals surface area contributed by atoms with Gasteiger partial charge in [0.15, 0.2) is 5.17 Å². The van der Waals surface area contributed by atoms with Crippen molar-refractivity contribution in [2.45, 2.75) is 24.7 Å². The lowest BCUT2D eigenvalue weighted by Crippen LogP contribution is -2.36. The summed E-state index contributed by atoms with van der Waals surface area (Å²) in [5.41, 5.74) is 1.09. The van der Waals surface area contributed by atoms with E-state index in [2.05, 4.69) is 4.40 Å². The van der Waals surface area contributed by atoms with Crippen LogP contribution in [0.2, 0.25) is 0 Å². The van der Waals surface area contributed by atoms with Crippen molar-refractivity contribution in [1.29, 1.82) is 0 Å². The fourth-order valence-corrected chi connectivity index (χ4v) is 5.05. The van der Waals surface area contributed by atoms with Crippen LogP contribution in [0.5, 0.6) is 0 Å². The second-order valence-corrected chi connectivity index (χ2v) is 8.50. The molecule has 0 aliphatic carbocycles. The van der Waals surface area contributed by atoms with E-state index in [-0.39, 0.29) is 12.3 Å². The third kappa shape index (κ3) is 3.79. The van der Waals surface area contributed by atoms with Gasteiger partial charge in [0, 0.05) is 23.5 Å². The van der Waals surface area contributed by atoms with Crippen LogP contribution in [0, 0.1) is 0 Å². The van der Waals surface area contributed by atoms with E-state index in [0.29, 0.717) is 28.6 Å². The molecule has 1 aromatic carbocycles. The lowest BCUT2D eigenvalue weighted by molar-refractivity contribution is 0.0555. The number of fused-ring (bicyclic) bond motifs is 3. The summed E-state index contributed by atoms with van der Waals surface area (Å²) in [5.74, 6) is -0.513. The van der Waals surface area contributed by atoms with Crippen LogP contribution in [-0.2, 0) is 10.0 Å². The molecule has 0 aromatic heterocycles. The second-order valence-electron chi connectivity index (χ2n) is 5.74. The third-order valence-corrected chi connectivity index (χ3v) is 6.17. The Hall–Kier alpha value is -1.68. The van der Waals surface area contributed by atoms with Crippen molar-refractivity contribution < 1.29 is 22.0 Å². The first-order valence-electron chi connectivity index (χ1n) is 7.80. The summed E-state index contributed by atoms with van der Waals surface area (Å²) in [6.07, 6.45) is -2.01. The fraction of sp³-hybridized carbons (Fsp3) is 0.467. The molecule has 0 bridgehead atoms. The van der Waals surface area contributed by atoms with E-state index in [0.717, 1.165) is 10.6 Å². The zero-order chi connectivity index (χ0) is 18.2. The summed E-state index contributed by atoms with van der Waals surface area (Å²) in [6.45, 7) is 1.78.